The maximum Gasteiger partial charge on any atom is 0.253 e. The minimum absolute atomic E-state index is 0.0339. The van der Waals surface area contributed by atoms with Crippen molar-refractivity contribution in [2.75, 3.05) is 13.1 Å². The van der Waals surface area contributed by atoms with Gasteiger partial charge in [0, 0.05) is 30.3 Å². The highest BCUT2D eigenvalue weighted by Crippen LogP contribution is 2.21. The molecule has 0 spiro atoms. The van der Waals surface area contributed by atoms with Crippen molar-refractivity contribution in [3.8, 4) is 11.4 Å². The van der Waals surface area contributed by atoms with Crippen molar-refractivity contribution in [1.82, 2.24) is 19.7 Å². The summed E-state index contributed by atoms with van der Waals surface area (Å²) >= 11 is 0. The van der Waals surface area contributed by atoms with Crippen molar-refractivity contribution in [3.63, 3.8) is 0 Å². The first-order valence-corrected chi connectivity index (χ1v) is 7.53. The number of amides is 1. The molecule has 1 saturated heterocycles. The number of aliphatic hydroxyl groups is 1. The first-order valence-electron chi connectivity index (χ1n) is 7.53. The van der Waals surface area contributed by atoms with Crippen molar-refractivity contribution in [2.24, 2.45) is 0 Å². The van der Waals surface area contributed by atoms with Crippen LogP contribution in [0.2, 0.25) is 0 Å². The molecule has 3 rings (SSSR count). The van der Waals surface area contributed by atoms with Gasteiger partial charge in [0.25, 0.3) is 5.91 Å². The van der Waals surface area contributed by atoms with Crippen LogP contribution in [0, 0.1) is 0 Å². The molecule has 1 aromatic heterocycles. The molecule has 2 aromatic rings. The van der Waals surface area contributed by atoms with Gasteiger partial charge in [0.15, 0.2) is 5.82 Å². The Kier molecular flexibility index (Phi) is 3.94. The lowest BCUT2D eigenvalue weighted by atomic mass is 10.1. The fourth-order valence-electron chi connectivity index (χ4n) is 2.71. The average Bonchev–Trinajstić information content (AvgIpc) is 3.15. The largest absolute Gasteiger partial charge is 0.391 e. The number of carbonyl (C=O) groups excluding carboxylic acids is 1. The van der Waals surface area contributed by atoms with Gasteiger partial charge in [0.05, 0.1) is 6.10 Å². The number of β-amino-alcohol motifs (C(OH)–C–C–N with tert-alkyl or cyclic N) is 1. The summed E-state index contributed by atoms with van der Waals surface area (Å²) in [6, 6.07) is 7.62. The molecule has 2 heterocycles. The highest BCUT2D eigenvalue weighted by molar-refractivity contribution is 5.94. The van der Waals surface area contributed by atoms with Gasteiger partial charge in [-0.15, -0.1) is 0 Å². The minimum Gasteiger partial charge on any atom is -0.391 e. The summed E-state index contributed by atoms with van der Waals surface area (Å²) in [5.41, 5.74) is 1.57. The quantitative estimate of drug-likeness (QED) is 0.937. The number of benzene rings is 1. The molecule has 1 amide bonds. The highest BCUT2D eigenvalue weighted by Gasteiger charge is 2.25. The van der Waals surface area contributed by atoms with Crippen LogP contribution in [0.4, 0.5) is 0 Å². The molecule has 0 radical (unpaired) electrons. The molecule has 0 aliphatic carbocycles. The van der Waals surface area contributed by atoms with Crippen LogP contribution < -0.4 is 0 Å². The Morgan fingerprint density at radius 1 is 1.32 bits per heavy atom. The van der Waals surface area contributed by atoms with Gasteiger partial charge in [0.2, 0.25) is 0 Å². The zero-order valence-electron chi connectivity index (χ0n) is 12.8. The van der Waals surface area contributed by atoms with Gasteiger partial charge in [0.1, 0.15) is 6.33 Å². The van der Waals surface area contributed by atoms with E-state index < -0.39 is 6.10 Å². The summed E-state index contributed by atoms with van der Waals surface area (Å²) in [4.78, 5) is 18.3. The number of hydrogen-bond acceptors (Lipinski definition) is 4. The van der Waals surface area contributed by atoms with Crippen molar-refractivity contribution >= 4 is 5.91 Å². The van der Waals surface area contributed by atoms with E-state index in [1.807, 2.05) is 28.9 Å². The molecule has 6 nitrogen and oxygen atoms in total. The maximum absolute atomic E-state index is 12.3. The summed E-state index contributed by atoms with van der Waals surface area (Å²) in [5, 5.41) is 13.8. The van der Waals surface area contributed by atoms with E-state index in [0.29, 0.717) is 25.1 Å². The molecule has 1 aromatic carbocycles. The third-order valence-corrected chi connectivity index (χ3v) is 3.90. The molecule has 6 heteroatoms. The number of aromatic nitrogens is 3. The van der Waals surface area contributed by atoms with Gasteiger partial charge < -0.3 is 10.0 Å². The van der Waals surface area contributed by atoms with Crippen LogP contribution in [0.5, 0.6) is 0 Å². The fraction of sp³-hybridized carbons (Fsp3) is 0.438. The molecule has 1 N–H and O–H groups in total. The Balaban J connectivity index is 1.81. The zero-order valence-corrected chi connectivity index (χ0v) is 12.8. The second kappa shape index (κ2) is 5.88. The number of likely N-dealkylation sites (tertiary alicyclic amines) is 1. The Morgan fingerprint density at radius 3 is 2.64 bits per heavy atom. The number of hydrogen-bond donors (Lipinski definition) is 1. The van der Waals surface area contributed by atoms with Crippen LogP contribution in [0.25, 0.3) is 11.4 Å². The lowest BCUT2D eigenvalue weighted by molar-refractivity contribution is 0.0765. The molecule has 1 atom stereocenters. The number of nitrogens with zero attached hydrogens (tertiary/aromatic N) is 4. The predicted molar refractivity (Wildman–Crippen MR) is 82.4 cm³/mol. The molecule has 0 saturated carbocycles. The maximum atomic E-state index is 12.3. The molecule has 1 aliphatic heterocycles. The fourth-order valence-corrected chi connectivity index (χ4v) is 2.71. The van der Waals surface area contributed by atoms with Crippen molar-refractivity contribution in [1.29, 1.82) is 0 Å². The predicted octanol–water partition coefficient (Wildman–Crippen LogP) is 1.73. The van der Waals surface area contributed by atoms with E-state index in [4.69, 9.17) is 0 Å². The number of aliphatic hydroxyl groups excluding tert-OH is 1. The lowest BCUT2D eigenvalue weighted by Crippen LogP contribution is -2.29. The van der Waals surface area contributed by atoms with Gasteiger partial charge in [-0.1, -0.05) is 12.1 Å². The molecular weight excluding hydrogens is 280 g/mol. The second-order valence-electron chi connectivity index (χ2n) is 5.89. The Labute approximate surface area is 129 Å². The normalized spacial score (nSPS) is 18.2. The van der Waals surface area contributed by atoms with Gasteiger partial charge in [-0.3, -0.25) is 4.79 Å². The standard InChI is InChI=1S/C16H20N4O2/c1-11(2)20-15(17-10-18-20)12-3-5-13(6-4-12)16(22)19-8-7-14(21)9-19/h3-6,10-11,14,21H,7-9H2,1-2H3/t14-/m1/s1. The number of rotatable bonds is 3. The van der Waals surface area contributed by atoms with E-state index in [-0.39, 0.29) is 11.9 Å². The summed E-state index contributed by atoms with van der Waals surface area (Å²) in [6.45, 7) is 5.13. The molecule has 0 bridgehead atoms. The molecular formula is C16H20N4O2. The van der Waals surface area contributed by atoms with Crippen LogP contribution in [0.1, 0.15) is 36.7 Å². The molecule has 1 aliphatic rings. The summed E-state index contributed by atoms with van der Waals surface area (Å²) in [7, 11) is 0. The van der Waals surface area contributed by atoms with Crippen molar-refractivity contribution in [3.05, 3.63) is 36.2 Å². The first-order chi connectivity index (χ1) is 10.6. The summed E-state index contributed by atoms with van der Waals surface area (Å²) < 4.78 is 1.85. The Hall–Kier alpha value is -2.21. The van der Waals surface area contributed by atoms with E-state index in [0.717, 1.165) is 11.4 Å². The van der Waals surface area contributed by atoms with E-state index in [1.54, 1.807) is 11.2 Å². The topological polar surface area (TPSA) is 71.2 Å². The van der Waals surface area contributed by atoms with E-state index in [9.17, 15) is 9.90 Å². The van der Waals surface area contributed by atoms with Crippen LogP contribution in [-0.2, 0) is 0 Å². The molecule has 116 valence electrons. The van der Waals surface area contributed by atoms with E-state index in [1.165, 1.54) is 0 Å². The number of carbonyl (C=O) groups is 1. The third kappa shape index (κ3) is 2.74. The SMILES string of the molecule is CC(C)n1ncnc1-c1ccc(C(=O)N2CC[C@@H](O)C2)cc1. The van der Waals surface area contributed by atoms with Crippen LogP contribution in [0.15, 0.2) is 30.6 Å². The van der Waals surface area contributed by atoms with Crippen molar-refractivity contribution in [2.45, 2.75) is 32.4 Å². The summed E-state index contributed by atoms with van der Waals surface area (Å²) in [6.07, 6.45) is 1.80. The molecule has 1 fully saturated rings. The van der Waals surface area contributed by atoms with Crippen molar-refractivity contribution < 1.29 is 9.90 Å². The van der Waals surface area contributed by atoms with E-state index >= 15 is 0 Å². The average molecular weight is 300 g/mol. The lowest BCUT2D eigenvalue weighted by Gasteiger charge is -2.15. The summed E-state index contributed by atoms with van der Waals surface area (Å²) in [5.74, 6) is 0.763. The first kappa shape index (κ1) is 14.7. The third-order valence-electron chi connectivity index (χ3n) is 3.90. The van der Waals surface area contributed by atoms with E-state index in [2.05, 4.69) is 23.9 Å². The van der Waals surface area contributed by atoms with Crippen LogP contribution >= 0.6 is 0 Å². The zero-order chi connectivity index (χ0) is 15.7. The molecule has 22 heavy (non-hydrogen) atoms. The van der Waals surface area contributed by atoms with Crippen LogP contribution in [-0.4, -0.2) is 49.9 Å². The Bertz CT molecular complexity index is 663. The van der Waals surface area contributed by atoms with Gasteiger partial charge in [-0.05, 0) is 32.4 Å². The second-order valence-corrected chi connectivity index (χ2v) is 5.89. The highest BCUT2D eigenvalue weighted by atomic mass is 16.3. The van der Waals surface area contributed by atoms with Gasteiger partial charge in [-0.2, -0.15) is 5.10 Å². The molecule has 0 unspecified atom stereocenters. The minimum atomic E-state index is -0.396. The van der Waals surface area contributed by atoms with Crippen LogP contribution in [0.3, 0.4) is 0 Å². The van der Waals surface area contributed by atoms with Gasteiger partial charge >= 0.3 is 0 Å². The smallest absolute Gasteiger partial charge is 0.253 e. The van der Waals surface area contributed by atoms with Gasteiger partial charge in [-0.25, -0.2) is 9.67 Å². The monoisotopic (exact) mass is 300 g/mol. The Morgan fingerprint density at radius 2 is 2.05 bits per heavy atom.